The molecule has 0 saturated carbocycles. The molecule has 0 spiro atoms. The Hall–Kier alpha value is -0.883. The zero-order valence-corrected chi connectivity index (χ0v) is 13.9. The molecule has 1 saturated heterocycles. The highest BCUT2D eigenvalue weighted by atomic mass is 28.4. The lowest BCUT2D eigenvalue weighted by molar-refractivity contribution is -0.173. The topological polar surface area (TPSA) is 64.6 Å². The molecule has 1 fully saturated rings. The molecule has 5 nitrogen and oxygen atoms in total. The van der Waals surface area contributed by atoms with Crippen LogP contribution in [0.15, 0.2) is 0 Å². The van der Waals surface area contributed by atoms with E-state index < -0.39 is 26.4 Å². The Morgan fingerprint density at radius 3 is 2.26 bits per heavy atom. The summed E-state index contributed by atoms with van der Waals surface area (Å²) in [5, 5.41) is 2.66. The number of nitrogens with one attached hydrogen (secondary N) is 1. The fourth-order valence-electron chi connectivity index (χ4n) is 1.82. The first-order chi connectivity index (χ1) is 8.45. The van der Waals surface area contributed by atoms with E-state index in [1.165, 1.54) is 6.92 Å². The molecule has 1 aliphatic heterocycles. The van der Waals surface area contributed by atoms with Crippen LogP contribution in [0.4, 0.5) is 0 Å². The van der Waals surface area contributed by atoms with Gasteiger partial charge in [-0.1, -0.05) is 20.8 Å². The van der Waals surface area contributed by atoms with Gasteiger partial charge in [-0.2, -0.15) is 0 Å². The molecule has 3 atom stereocenters. The third-order valence-electron chi connectivity index (χ3n) is 4.00. The van der Waals surface area contributed by atoms with Gasteiger partial charge in [0, 0.05) is 6.92 Å². The van der Waals surface area contributed by atoms with Crippen LogP contribution in [0.5, 0.6) is 0 Å². The molecule has 0 bridgehead atoms. The highest BCUT2D eigenvalue weighted by Crippen LogP contribution is 2.39. The summed E-state index contributed by atoms with van der Waals surface area (Å²) in [5.41, 5.74) is 0. The van der Waals surface area contributed by atoms with Crippen molar-refractivity contribution in [1.29, 1.82) is 0 Å². The molecule has 19 heavy (non-hydrogen) atoms. The second-order valence-corrected chi connectivity index (χ2v) is 11.4. The van der Waals surface area contributed by atoms with Crippen molar-refractivity contribution in [1.82, 2.24) is 5.32 Å². The van der Waals surface area contributed by atoms with Crippen LogP contribution in [0.2, 0.25) is 18.1 Å². The second kappa shape index (κ2) is 5.24. The van der Waals surface area contributed by atoms with Crippen molar-refractivity contribution in [2.75, 3.05) is 0 Å². The first-order valence-corrected chi connectivity index (χ1v) is 9.52. The Balaban J connectivity index is 2.69. The summed E-state index contributed by atoms with van der Waals surface area (Å²) in [6.45, 7) is 13.9. The van der Waals surface area contributed by atoms with Crippen LogP contribution in [0.1, 0.15) is 34.6 Å². The minimum Gasteiger partial charge on any atom is -0.441 e. The molecule has 0 aromatic heterocycles. The molecule has 0 aromatic carbocycles. The lowest BCUT2D eigenvalue weighted by atomic mass is 9.93. The average Bonchev–Trinajstić information content (AvgIpc) is 2.12. The number of hydrogen-bond donors (Lipinski definition) is 1. The van der Waals surface area contributed by atoms with E-state index in [2.05, 4.69) is 39.2 Å². The third-order valence-corrected chi connectivity index (χ3v) is 8.57. The standard InChI is InChI=1S/C13H25NO4Si/c1-8(18-19(6,7)13(3,4)5)10-11(16)14-12(10)17-9(2)15/h8,10,12H,1-7H3,(H,14,16). The minimum absolute atomic E-state index is 0.0818. The van der Waals surface area contributed by atoms with Crippen molar-refractivity contribution in [2.24, 2.45) is 5.92 Å². The van der Waals surface area contributed by atoms with Gasteiger partial charge in [-0.25, -0.2) is 0 Å². The predicted octanol–water partition coefficient (Wildman–Crippen LogP) is 2.03. The summed E-state index contributed by atoms with van der Waals surface area (Å²) >= 11 is 0. The first kappa shape index (κ1) is 16.2. The Bertz CT molecular complexity index is 375. The number of hydrogen-bond acceptors (Lipinski definition) is 4. The SMILES string of the molecule is CC(=O)OC1NC(=O)C1C(C)O[Si](C)(C)C(C)(C)C. The van der Waals surface area contributed by atoms with Gasteiger partial charge in [-0.05, 0) is 25.1 Å². The third kappa shape index (κ3) is 3.57. The fourth-order valence-corrected chi connectivity index (χ4v) is 3.25. The molecule has 0 aliphatic carbocycles. The molecule has 6 heteroatoms. The van der Waals surface area contributed by atoms with E-state index in [0.29, 0.717) is 0 Å². The van der Waals surface area contributed by atoms with E-state index in [4.69, 9.17) is 9.16 Å². The van der Waals surface area contributed by atoms with Crippen molar-refractivity contribution >= 4 is 20.2 Å². The number of rotatable bonds is 4. The zero-order chi connectivity index (χ0) is 15.0. The van der Waals surface area contributed by atoms with Gasteiger partial charge < -0.3 is 14.5 Å². The molecular weight excluding hydrogens is 262 g/mol. The molecular formula is C13H25NO4Si. The maximum absolute atomic E-state index is 11.6. The highest BCUT2D eigenvalue weighted by Gasteiger charge is 2.49. The Morgan fingerprint density at radius 2 is 1.89 bits per heavy atom. The summed E-state index contributed by atoms with van der Waals surface area (Å²) in [7, 11) is -1.93. The quantitative estimate of drug-likeness (QED) is 0.488. The summed E-state index contributed by atoms with van der Waals surface area (Å²) < 4.78 is 11.2. The fraction of sp³-hybridized carbons (Fsp3) is 0.846. The smallest absolute Gasteiger partial charge is 0.304 e. The van der Waals surface area contributed by atoms with E-state index in [1.54, 1.807) is 0 Å². The van der Waals surface area contributed by atoms with E-state index >= 15 is 0 Å². The molecule has 1 amide bonds. The number of esters is 1. The predicted molar refractivity (Wildman–Crippen MR) is 74.9 cm³/mol. The van der Waals surface area contributed by atoms with E-state index in [1.807, 2.05) is 6.92 Å². The van der Waals surface area contributed by atoms with Gasteiger partial charge in [0.15, 0.2) is 14.5 Å². The molecule has 110 valence electrons. The molecule has 0 radical (unpaired) electrons. The first-order valence-electron chi connectivity index (χ1n) is 6.61. The van der Waals surface area contributed by atoms with E-state index in [-0.39, 0.29) is 17.0 Å². The molecule has 3 unspecified atom stereocenters. The van der Waals surface area contributed by atoms with E-state index in [9.17, 15) is 9.59 Å². The number of β-lactam (4-membered cyclic amide) rings is 1. The van der Waals surface area contributed by atoms with Crippen molar-refractivity contribution < 1.29 is 18.8 Å². The minimum atomic E-state index is -1.93. The van der Waals surface area contributed by atoms with Gasteiger partial charge in [0.05, 0.1) is 6.10 Å². The summed E-state index contributed by atoms with van der Waals surface area (Å²) in [6.07, 6.45) is -0.802. The summed E-state index contributed by atoms with van der Waals surface area (Å²) in [5.74, 6) is -0.912. The van der Waals surface area contributed by atoms with Gasteiger partial charge in [0.25, 0.3) is 0 Å². The highest BCUT2D eigenvalue weighted by molar-refractivity contribution is 6.74. The number of carbonyl (C=O) groups is 2. The average molecular weight is 287 g/mol. The molecule has 1 rings (SSSR count). The van der Waals surface area contributed by atoms with Crippen LogP contribution in [-0.2, 0) is 18.8 Å². The van der Waals surface area contributed by atoms with Gasteiger partial charge in [-0.15, -0.1) is 0 Å². The number of amides is 1. The molecule has 0 aromatic rings. The van der Waals surface area contributed by atoms with Crippen LogP contribution >= 0.6 is 0 Å². The monoisotopic (exact) mass is 287 g/mol. The van der Waals surface area contributed by atoms with Crippen LogP contribution in [0, 0.1) is 5.92 Å². The van der Waals surface area contributed by atoms with Crippen molar-refractivity contribution in [2.45, 2.75) is 65.1 Å². The van der Waals surface area contributed by atoms with Crippen LogP contribution < -0.4 is 5.32 Å². The molecule has 1 N–H and O–H groups in total. The zero-order valence-electron chi connectivity index (χ0n) is 12.9. The molecule has 1 aliphatic rings. The molecule has 1 heterocycles. The van der Waals surface area contributed by atoms with Crippen molar-refractivity contribution in [3.05, 3.63) is 0 Å². The lowest BCUT2D eigenvalue weighted by Crippen LogP contribution is -2.65. The van der Waals surface area contributed by atoms with Gasteiger partial charge in [0.1, 0.15) is 5.92 Å². The van der Waals surface area contributed by atoms with Gasteiger partial charge >= 0.3 is 5.97 Å². The van der Waals surface area contributed by atoms with Crippen LogP contribution in [0.25, 0.3) is 0 Å². The Morgan fingerprint density at radius 1 is 1.37 bits per heavy atom. The maximum Gasteiger partial charge on any atom is 0.304 e. The number of ether oxygens (including phenoxy) is 1. The Labute approximate surface area is 116 Å². The largest absolute Gasteiger partial charge is 0.441 e. The van der Waals surface area contributed by atoms with Gasteiger partial charge in [0.2, 0.25) is 5.91 Å². The van der Waals surface area contributed by atoms with Crippen molar-refractivity contribution in [3.63, 3.8) is 0 Å². The maximum atomic E-state index is 11.6. The van der Waals surface area contributed by atoms with E-state index in [0.717, 1.165) is 0 Å². The second-order valence-electron chi connectivity index (χ2n) is 6.65. The van der Waals surface area contributed by atoms with Crippen LogP contribution in [-0.4, -0.2) is 32.5 Å². The normalized spacial score (nSPS) is 25.3. The lowest BCUT2D eigenvalue weighted by Gasteiger charge is -2.44. The Kier molecular flexibility index (Phi) is 4.46. The van der Waals surface area contributed by atoms with Crippen LogP contribution in [0.3, 0.4) is 0 Å². The summed E-state index contributed by atoms with van der Waals surface area (Å²) in [6, 6.07) is 0. The van der Waals surface area contributed by atoms with Crippen molar-refractivity contribution in [3.8, 4) is 0 Å². The summed E-state index contributed by atoms with van der Waals surface area (Å²) in [4.78, 5) is 22.6. The van der Waals surface area contributed by atoms with Gasteiger partial charge in [-0.3, -0.25) is 9.59 Å². The number of carbonyl (C=O) groups excluding carboxylic acids is 2.